The number of quaternary nitrogens is 1. The molecule has 2 atom stereocenters. The van der Waals surface area contributed by atoms with Crippen molar-refractivity contribution in [2.24, 2.45) is 0 Å². The number of para-hydroxylation sites is 1. The van der Waals surface area contributed by atoms with E-state index < -0.39 is 10.2 Å². The molecule has 0 amide bonds. The quantitative estimate of drug-likeness (QED) is 0.513. The van der Waals surface area contributed by atoms with Crippen molar-refractivity contribution in [1.82, 2.24) is 4.65 Å². The molecule has 3 aromatic carbocycles. The maximum Gasteiger partial charge on any atom is 0.168 e. The lowest BCUT2D eigenvalue weighted by Crippen LogP contribution is -2.59. The second-order valence-electron chi connectivity index (χ2n) is 7.30. The summed E-state index contributed by atoms with van der Waals surface area (Å²) in [7, 11) is 0. The van der Waals surface area contributed by atoms with Crippen LogP contribution >= 0.6 is 0 Å². The van der Waals surface area contributed by atoms with Crippen LogP contribution in [0.3, 0.4) is 0 Å². The molecule has 1 aliphatic rings. The van der Waals surface area contributed by atoms with Crippen molar-refractivity contribution >= 4 is 17.2 Å². The first-order chi connectivity index (χ1) is 13.4. The Morgan fingerprint density at radius 3 is 2.07 bits per heavy atom. The van der Waals surface area contributed by atoms with Crippen molar-refractivity contribution in [3.8, 4) is 5.75 Å². The van der Waals surface area contributed by atoms with Crippen LogP contribution in [0.2, 0.25) is 0 Å². The third kappa shape index (κ3) is 2.74. The first-order valence-corrected chi connectivity index (χ1v) is 9.21. The van der Waals surface area contributed by atoms with Crippen LogP contribution in [0.4, 0.5) is 5.69 Å². The predicted octanol–water partition coefficient (Wildman–Crippen LogP) is 5.13. The second-order valence-corrected chi connectivity index (χ2v) is 7.30. The van der Waals surface area contributed by atoms with Gasteiger partial charge in [0, 0.05) is 17.2 Å². The highest BCUT2D eigenvalue weighted by atomic mass is 16.6. The number of benzene rings is 3. The van der Waals surface area contributed by atoms with E-state index in [4.69, 9.17) is 0 Å². The van der Waals surface area contributed by atoms with Crippen LogP contribution in [-0.4, -0.2) is 10.9 Å². The van der Waals surface area contributed by atoms with Crippen molar-refractivity contribution in [2.45, 2.75) is 18.9 Å². The Morgan fingerprint density at radius 2 is 1.46 bits per heavy atom. The number of allylic oxidation sites excluding steroid dienone is 1. The molecule has 0 aliphatic carbocycles. The minimum absolute atomic E-state index is 0.0759. The largest absolute Gasteiger partial charge is 0.621 e. The van der Waals surface area contributed by atoms with Gasteiger partial charge in [-0.1, -0.05) is 36.4 Å². The molecule has 4 rings (SSSR count). The number of hydrogen-bond donors (Lipinski definition) is 1. The molecule has 1 N–H and O–H groups in total. The van der Waals surface area contributed by atoms with Gasteiger partial charge in [0.15, 0.2) is 5.78 Å². The van der Waals surface area contributed by atoms with Crippen LogP contribution in [0.1, 0.15) is 24.5 Å². The number of nitrogens with zero attached hydrogens (tertiary/aromatic N) is 1. The van der Waals surface area contributed by atoms with Crippen LogP contribution < -0.4 is 4.65 Å². The Bertz CT molecular complexity index is 1030. The summed E-state index contributed by atoms with van der Waals surface area (Å²) in [4.78, 5) is 12.7. The van der Waals surface area contributed by atoms with Gasteiger partial charge in [-0.05, 0) is 55.5 Å². The summed E-state index contributed by atoms with van der Waals surface area (Å²) >= 11 is 0. The molecule has 1 aliphatic heterocycles. The summed E-state index contributed by atoms with van der Waals surface area (Å²) < 4.78 is -0.783. The van der Waals surface area contributed by atoms with E-state index in [1.165, 1.54) is 6.08 Å². The zero-order valence-electron chi connectivity index (χ0n) is 15.6. The third-order valence-electron chi connectivity index (χ3n) is 5.53. The number of phenols is 1. The molecule has 0 bridgehead atoms. The summed E-state index contributed by atoms with van der Waals surface area (Å²) in [5, 5.41) is 24.5. The third-order valence-corrected chi connectivity index (χ3v) is 5.53. The smallest absolute Gasteiger partial charge is 0.168 e. The molecule has 0 saturated carbocycles. The second kappa shape index (κ2) is 6.75. The molecular formula is C24H21NO3. The highest BCUT2D eigenvalue weighted by Crippen LogP contribution is 2.51. The fourth-order valence-electron chi connectivity index (χ4n) is 4.05. The maximum atomic E-state index is 14.8. The topological polar surface area (TPSA) is 60.4 Å². The Morgan fingerprint density at radius 1 is 0.893 bits per heavy atom. The normalized spacial score (nSPS) is 24.6. The molecule has 140 valence electrons. The Hall–Kier alpha value is -3.21. The summed E-state index contributed by atoms with van der Waals surface area (Å²) in [5.74, 6) is 0.0342. The van der Waals surface area contributed by atoms with E-state index in [1.807, 2.05) is 55.5 Å². The van der Waals surface area contributed by atoms with E-state index in [2.05, 4.69) is 0 Å². The van der Waals surface area contributed by atoms with Gasteiger partial charge < -0.3 is 10.3 Å². The van der Waals surface area contributed by atoms with Gasteiger partial charge in [0.05, 0.1) is 6.42 Å². The Kier molecular flexibility index (Phi) is 4.38. The predicted molar refractivity (Wildman–Crippen MR) is 111 cm³/mol. The molecule has 1 heterocycles. The van der Waals surface area contributed by atoms with E-state index in [1.54, 1.807) is 36.4 Å². The summed E-state index contributed by atoms with van der Waals surface area (Å²) in [6.07, 6.45) is 1.56. The summed E-state index contributed by atoms with van der Waals surface area (Å²) in [5.41, 5.74) is 1.32. The number of phenolic OH excluding ortho intramolecular Hbond substituents is 1. The molecule has 2 unspecified atom stereocenters. The fraction of sp³-hybridized carbons (Fsp3) is 0.125. The van der Waals surface area contributed by atoms with Gasteiger partial charge in [-0.25, -0.2) is 0 Å². The summed E-state index contributed by atoms with van der Waals surface area (Å²) in [6.45, 7) is 1.83. The number of carbonyl (C=O) groups excluding carboxylic acids is 1. The fourth-order valence-corrected chi connectivity index (χ4v) is 4.05. The molecule has 0 aromatic heterocycles. The van der Waals surface area contributed by atoms with E-state index in [9.17, 15) is 15.1 Å². The van der Waals surface area contributed by atoms with Crippen LogP contribution in [-0.2, 0) is 10.3 Å². The molecule has 0 saturated heterocycles. The summed E-state index contributed by atoms with van der Waals surface area (Å²) in [6, 6.07) is 25.0. The van der Waals surface area contributed by atoms with Crippen LogP contribution in [0.15, 0.2) is 91.0 Å². The van der Waals surface area contributed by atoms with Gasteiger partial charge in [-0.3, -0.25) is 9.44 Å². The standard InChI is InChI=1S/C24H21NO3/c1-24(19-12-14-21(26)15-13-19)17-22(27)16-23(18-8-4-2-5-9-18)25(24,28)20-10-6-3-7-11-20/h2-16,26H,17H2,1H3. The van der Waals surface area contributed by atoms with Gasteiger partial charge in [-0.15, -0.1) is 0 Å². The van der Waals surface area contributed by atoms with E-state index in [0.29, 0.717) is 16.9 Å². The number of rotatable bonds is 3. The Labute approximate surface area is 164 Å². The average Bonchev–Trinajstić information content (AvgIpc) is 2.72. The van der Waals surface area contributed by atoms with Gasteiger partial charge in [0.2, 0.25) is 0 Å². The monoisotopic (exact) mass is 371 g/mol. The SMILES string of the molecule is CC1(c2ccc(O)cc2)CC(=O)C=C(c2ccccc2)[N+]1([O-])c1ccccc1. The molecule has 3 aromatic rings. The molecule has 0 radical (unpaired) electrons. The zero-order valence-corrected chi connectivity index (χ0v) is 15.6. The average molecular weight is 371 g/mol. The maximum absolute atomic E-state index is 14.8. The zero-order chi connectivity index (χ0) is 19.8. The number of ketones is 1. The van der Waals surface area contributed by atoms with Crippen molar-refractivity contribution in [3.05, 3.63) is 107 Å². The van der Waals surface area contributed by atoms with E-state index >= 15 is 0 Å². The lowest BCUT2D eigenvalue weighted by molar-refractivity contribution is -0.117. The lowest BCUT2D eigenvalue weighted by Gasteiger charge is -2.57. The number of aromatic hydroxyl groups is 1. The highest BCUT2D eigenvalue weighted by Gasteiger charge is 2.51. The van der Waals surface area contributed by atoms with Crippen LogP contribution in [0.5, 0.6) is 5.75 Å². The highest BCUT2D eigenvalue weighted by molar-refractivity contribution is 6.02. The van der Waals surface area contributed by atoms with Crippen molar-refractivity contribution < 1.29 is 9.90 Å². The van der Waals surface area contributed by atoms with Crippen LogP contribution in [0, 0.1) is 5.21 Å². The molecule has 28 heavy (non-hydrogen) atoms. The molecular weight excluding hydrogens is 350 g/mol. The lowest BCUT2D eigenvalue weighted by atomic mass is 9.79. The minimum Gasteiger partial charge on any atom is -0.621 e. The van der Waals surface area contributed by atoms with Crippen molar-refractivity contribution in [1.29, 1.82) is 0 Å². The van der Waals surface area contributed by atoms with Gasteiger partial charge >= 0.3 is 0 Å². The Balaban J connectivity index is 2.02. The van der Waals surface area contributed by atoms with Crippen molar-refractivity contribution in [2.75, 3.05) is 0 Å². The van der Waals surface area contributed by atoms with Gasteiger partial charge in [0.25, 0.3) is 0 Å². The molecule has 4 nitrogen and oxygen atoms in total. The van der Waals surface area contributed by atoms with Gasteiger partial charge in [-0.2, -0.15) is 0 Å². The first-order valence-electron chi connectivity index (χ1n) is 9.21. The minimum atomic E-state index is -1.08. The van der Waals surface area contributed by atoms with Crippen LogP contribution in [0.25, 0.3) is 5.70 Å². The molecule has 4 heteroatoms. The van der Waals surface area contributed by atoms with Crippen molar-refractivity contribution in [3.63, 3.8) is 0 Å². The van der Waals surface area contributed by atoms with E-state index in [-0.39, 0.29) is 18.0 Å². The first kappa shape index (κ1) is 18.2. The number of hydrogen-bond acceptors (Lipinski definition) is 3. The number of hydroxylamine groups is 2. The molecule has 0 fully saturated rings. The van der Waals surface area contributed by atoms with Gasteiger partial charge in [0.1, 0.15) is 22.7 Å². The van der Waals surface area contributed by atoms with E-state index in [0.717, 1.165) is 5.56 Å². The number of carbonyl (C=O) groups is 1. The molecule has 0 spiro atoms.